The lowest BCUT2D eigenvalue weighted by atomic mass is 10.1. The fraction of sp³-hybridized carbons (Fsp3) is 0.105. The van der Waals surface area contributed by atoms with Crippen LogP contribution in [-0.2, 0) is 6.61 Å². The van der Waals surface area contributed by atoms with Crippen LogP contribution in [0, 0.1) is 50.4 Å². The van der Waals surface area contributed by atoms with E-state index in [4.69, 9.17) is 9.15 Å². The minimum absolute atomic E-state index is 0.00656. The lowest BCUT2D eigenvalue weighted by molar-refractivity contribution is -0.395. The number of carbonyl (C=O) groups excluding carboxylic acids is 1. The number of nitro benzene ring substituents is 2. The van der Waals surface area contributed by atoms with Gasteiger partial charge in [-0.1, -0.05) is 0 Å². The van der Waals surface area contributed by atoms with Crippen LogP contribution in [0.4, 0.5) is 34.6 Å². The number of halogens is 4. The Balaban J connectivity index is 1.78. The predicted molar refractivity (Wildman–Crippen MR) is 102 cm³/mol. The Kier molecular flexibility index (Phi) is 6.28. The van der Waals surface area contributed by atoms with Crippen LogP contribution in [0.1, 0.15) is 21.9 Å². The highest BCUT2D eigenvalue weighted by Gasteiger charge is 2.25. The number of ether oxygens (including phenoxy) is 1. The molecule has 33 heavy (non-hydrogen) atoms. The monoisotopic (exact) mass is 469 g/mol. The molecule has 0 aliphatic heterocycles. The van der Waals surface area contributed by atoms with Crippen molar-refractivity contribution in [2.24, 2.45) is 0 Å². The minimum Gasteiger partial charge on any atom is -0.479 e. The van der Waals surface area contributed by atoms with Crippen molar-refractivity contribution >= 4 is 23.0 Å². The number of furan rings is 1. The van der Waals surface area contributed by atoms with Crippen LogP contribution in [0.15, 0.2) is 34.7 Å². The van der Waals surface area contributed by atoms with Gasteiger partial charge in [-0.15, -0.1) is 0 Å². The van der Waals surface area contributed by atoms with Crippen LogP contribution in [0.2, 0.25) is 0 Å². The zero-order chi connectivity index (χ0) is 24.4. The van der Waals surface area contributed by atoms with Gasteiger partial charge in [-0.25, -0.2) is 8.78 Å². The molecule has 10 nitrogen and oxygen atoms in total. The van der Waals surface area contributed by atoms with Gasteiger partial charge in [-0.05, 0) is 19.1 Å². The number of hydrogen-bond donors (Lipinski definition) is 1. The van der Waals surface area contributed by atoms with Crippen LogP contribution < -0.4 is 10.1 Å². The summed E-state index contributed by atoms with van der Waals surface area (Å²) in [6.07, 6.45) is 0. The maximum absolute atomic E-state index is 13.6. The summed E-state index contributed by atoms with van der Waals surface area (Å²) < 4.78 is 63.5. The number of amides is 1. The van der Waals surface area contributed by atoms with Crippen LogP contribution >= 0.6 is 0 Å². The average Bonchev–Trinajstić information content (AvgIpc) is 3.22. The normalized spacial score (nSPS) is 10.7. The quantitative estimate of drug-likeness (QED) is 0.227. The second-order valence-electron chi connectivity index (χ2n) is 6.46. The molecule has 0 aliphatic carbocycles. The Labute approximate surface area is 180 Å². The predicted octanol–water partition coefficient (Wildman–Crippen LogP) is 4.79. The van der Waals surface area contributed by atoms with Crippen molar-refractivity contribution in [2.75, 3.05) is 5.32 Å². The number of rotatable bonds is 7. The number of nitrogens with zero attached hydrogens (tertiary/aromatic N) is 2. The van der Waals surface area contributed by atoms with Gasteiger partial charge in [0.25, 0.3) is 17.3 Å². The van der Waals surface area contributed by atoms with Gasteiger partial charge in [0.2, 0.25) is 11.6 Å². The molecule has 0 atom stereocenters. The van der Waals surface area contributed by atoms with E-state index >= 15 is 0 Å². The van der Waals surface area contributed by atoms with E-state index in [1.165, 1.54) is 6.92 Å². The first-order chi connectivity index (χ1) is 15.5. The summed E-state index contributed by atoms with van der Waals surface area (Å²) in [5.41, 5.74) is -1.68. The van der Waals surface area contributed by atoms with Crippen LogP contribution in [0.3, 0.4) is 0 Å². The SMILES string of the molecule is Cc1c([N+](=O)[O-])cc(NC(=O)c2ccc(COc3c(F)c(F)cc(F)c3F)o2)cc1[N+](=O)[O-]. The largest absolute Gasteiger partial charge is 0.479 e. The summed E-state index contributed by atoms with van der Waals surface area (Å²) >= 11 is 0. The van der Waals surface area contributed by atoms with Gasteiger partial charge >= 0.3 is 0 Å². The number of benzene rings is 2. The molecule has 3 aromatic rings. The zero-order valence-corrected chi connectivity index (χ0v) is 16.4. The minimum atomic E-state index is -1.76. The van der Waals surface area contributed by atoms with Crippen molar-refractivity contribution in [3.63, 3.8) is 0 Å². The molecule has 2 aromatic carbocycles. The van der Waals surface area contributed by atoms with E-state index in [2.05, 4.69) is 5.32 Å². The standard InChI is InChI=1S/C19H11F4N3O7/c1-8-13(25(28)29)4-9(5-14(8)26(30)31)24-19(27)15-3-2-10(33-15)7-32-18-16(22)11(20)6-12(21)17(18)23/h2-6H,7H2,1H3,(H,24,27). The molecule has 1 aromatic heterocycles. The molecular weight excluding hydrogens is 458 g/mol. The second-order valence-corrected chi connectivity index (χ2v) is 6.46. The molecule has 0 aliphatic rings. The van der Waals surface area contributed by atoms with Crippen molar-refractivity contribution < 1.29 is 41.4 Å². The first-order valence-corrected chi connectivity index (χ1v) is 8.78. The average molecular weight is 469 g/mol. The van der Waals surface area contributed by atoms with Crippen molar-refractivity contribution in [3.8, 4) is 5.75 Å². The molecule has 0 unspecified atom stereocenters. The third kappa shape index (κ3) is 4.73. The highest BCUT2D eigenvalue weighted by molar-refractivity contribution is 6.02. The van der Waals surface area contributed by atoms with E-state index in [1.807, 2.05) is 0 Å². The second kappa shape index (κ2) is 8.94. The Bertz CT molecular complexity index is 1230. The molecule has 0 radical (unpaired) electrons. The Morgan fingerprint density at radius 2 is 1.55 bits per heavy atom. The van der Waals surface area contributed by atoms with E-state index < -0.39 is 68.5 Å². The van der Waals surface area contributed by atoms with Gasteiger partial charge in [-0.3, -0.25) is 25.0 Å². The molecule has 0 fully saturated rings. The Hall–Kier alpha value is -4.49. The summed E-state index contributed by atoms with van der Waals surface area (Å²) in [7, 11) is 0. The first kappa shape index (κ1) is 23.2. The summed E-state index contributed by atoms with van der Waals surface area (Å²) in [5, 5.41) is 24.4. The molecule has 1 N–H and O–H groups in total. The third-order valence-electron chi connectivity index (χ3n) is 4.32. The van der Waals surface area contributed by atoms with Gasteiger partial charge < -0.3 is 14.5 Å². The van der Waals surface area contributed by atoms with Gasteiger partial charge in [0.1, 0.15) is 17.9 Å². The molecule has 14 heteroatoms. The van der Waals surface area contributed by atoms with E-state index in [-0.39, 0.29) is 23.1 Å². The molecule has 0 bridgehead atoms. The van der Waals surface area contributed by atoms with E-state index in [9.17, 15) is 42.6 Å². The van der Waals surface area contributed by atoms with Crippen molar-refractivity contribution in [3.05, 3.63) is 90.9 Å². The number of nitro groups is 2. The molecule has 0 spiro atoms. The number of anilines is 1. The van der Waals surface area contributed by atoms with E-state index in [1.54, 1.807) is 0 Å². The maximum atomic E-state index is 13.6. The summed E-state index contributed by atoms with van der Waals surface area (Å²) in [6.45, 7) is 0.461. The maximum Gasteiger partial charge on any atom is 0.291 e. The lowest BCUT2D eigenvalue weighted by Crippen LogP contribution is -2.12. The fourth-order valence-corrected chi connectivity index (χ4v) is 2.73. The molecule has 0 saturated carbocycles. The smallest absolute Gasteiger partial charge is 0.291 e. The summed E-state index contributed by atoms with van der Waals surface area (Å²) in [5.74, 6) is -9.75. The number of nitrogens with one attached hydrogen (secondary N) is 1. The van der Waals surface area contributed by atoms with Gasteiger partial charge in [-0.2, -0.15) is 8.78 Å². The van der Waals surface area contributed by atoms with Gasteiger partial charge in [0.05, 0.1) is 15.5 Å². The third-order valence-corrected chi connectivity index (χ3v) is 4.32. The van der Waals surface area contributed by atoms with E-state index in [0.29, 0.717) is 0 Å². The topological polar surface area (TPSA) is 138 Å². The molecule has 1 heterocycles. The Morgan fingerprint density at radius 3 is 2.06 bits per heavy atom. The number of hydrogen-bond acceptors (Lipinski definition) is 7. The first-order valence-electron chi connectivity index (χ1n) is 8.78. The highest BCUT2D eigenvalue weighted by atomic mass is 19.2. The molecule has 172 valence electrons. The van der Waals surface area contributed by atoms with Crippen LogP contribution in [0.25, 0.3) is 0 Å². The van der Waals surface area contributed by atoms with Crippen molar-refractivity contribution in [1.82, 2.24) is 0 Å². The van der Waals surface area contributed by atoms with Gasteiger partial charge in [0.15, 0.2) is 23.1 Å². The van der Waals surface area contributed by atoms with Crippen LogP contribution in [-0.4, -0.2) is 15.8 Å². The highest BCUT2D eigenvalue weighted by Crippen LogP contribution is 2.32. The molecule has 0 saturated heterocycles. The van der Waals surface area contributed by atoms with Crippen molar-refractivity contribution in [2.45, 2.75) is 13.5 Å². The summed E-state index contributed by atoms with van der Waals surface area (Å²) in [4.78, 5) is 32.9. The molecule has 1 amide bonds. The van der Waals surface area contributed by atoms with Gasteiger partial charge in [0, 0.05) is 18.2 Å². The van der Waals surface area contributed by atoms with E-state index in [0.717, 1.165) is 24.3 Å². The summed E-state index contributed by atoms with van der Waals surface area (Å²) in [6, 6.07) is 4.09. The zero-order valence-electron chi connectivity index (χ0n) is 16.4. The number of carbonyl (C=O) groups is 1. The van der Waals surface area contributed by atoms with Crippen molar-refractivity contribution in [1.29, 1.82) is 0 Å². The van der Waals surface area contributed by atoms with Crippen LogP contribution in [0.5, 0.6) is 5.75 Å². The fourth-order valence-electron chi connectivity index (χ4n) is 2.73. The molecule has 3 rings (SSSR count). The Morgan fingerprint density at radius 1 is 1.00 bits per heavy atom. The molecular formula is C19H11F4N3O7. The lowest BCUT2D eigenvalue weighted by Gasteiger charge is -2.08.